The van der Waals surface area contributed by atoms with E-state index in [0.29, 0.717) is 27.6 Å². The van der Waals surface area contributed by atoms with Gasteiger partial charge in [0.1, 0.15) is 11.5 Å². The molecule has 1 amide bonds. The first kappa shape index (κ1) is 15.9. The molecule has 0 unspecified atom stereocenters. The lowest BCUT2D eigenvalue weighted by molar-refractivity contribution is 0.0955. The highest BCUT2D eigenvalue weighted by molar-refractivity contribution is 6.30. The second kappa shape index (κ2) is 6.95. The van der Waals surface area contributed by atoms with E-state index in [-0.39, 0.29) is 11.7 Å². The normalized spacial score (nSPS) is 11.1. The molecule has 0 spiro atoms. The fourth-order valence-corrected chi connectivity index (χ4v) is 1.93. The molecule has 0 aliphatic rings. The summed E-state index contributed by atoms with van der Waals surface area (Å²) >= 11 is 5.77. The molecule has 0 fully saturated rings. The molecule has 0 radical (unpaired) electrons. The summed E-state index contributed by atoms with van der Waals surface area (Å²) in [6, 6.07) is 11.3. The Morgan fingerprint density at radius 1 is 1.23 bits per heavy atom. The maximum Gasteiger partial charge on any atom is 0.271 e. The zero-order valence-corrected chi connectivity index (χ0v) is 12.9. The summed E-state index contributed by atoms with van der Waals surface area (Å²) < 4.78 is 5.02. The number of carbonyl (C=O) groups excluding carboxylic acids is 1. The van der Waals surface area contributed by atoms with Crippen molar-refractivity contribution in [2.45, 2.75) is 6.92 Å². The molecule has 5 nitrogen and oxygen atoms in total. The summed E-state index contributed by atoms with van der Waals surface area (Å²) in [7, 11) is 1.52. The number of aromatic hydroxyl groups is 1. The van der Waals surface area contributed by atoms with Gasteiger partial charge in [-0.1, -0.05) is 11.6 Å². The van der Waals surface area contributed by atoms with Crippen LogP contribution < -0.4 is 10.2 Å². The fourth-order valence-electron chi connectivity index (χ4n) is 1.81. The van der Waals surface area contributed by atoms with Gasteiger partial charge in [0.05, 0.1) is 12.8 Å². The van der Waals surface area contributed by atoms with E-state index < -0.39 is 0 Å². The van der Waals surface area contributed by atoms with Gasteiger partial charge in [-0.05, 0) is 43.3 Å². The van der Waals surface area contributed by atoms with Crippen molar-refractivity contribution in [1.82, 2.24) is 5.43 Å². The van der Waals surface area contributed by atoms with Gasteiger partial charge in [-0.25, -0.2) is 5.43 Å². The Hall–Kier alpha value is -2.53. The zero-order chi connectivity index (χ0) is 16.1. The molecule has 0 aliphatic carbocycles. The number of amides is 1. The number of rotatable bonds is 4. The lowest BCUT2D eigenvalue weighted by Crippen LogP contribution is -2.19. The Labute approximate surface area is 133 Å². The van der Waals surface area contributed by atoms with Crippen LogP contribution in [0, 0.1) is 0 Å². The Morgan fingerprint density at radius 2 is 1.91 bits per heavy atom. The number of hydrogen-bond acceptors (Lipinski definition) is 4. The van der Waals surface area contributed by atoms with Crippen LogP contribution in [0.4, 0.5) is 0 Å². The maximum absolute atomic E-state index is 11.9. The van der Waals surface area contributed by atoms with E-state index in [1.54, 1.807) is 43.3 Å². The third-order valence-corrected chi connectivity index (χ3v) is 3.28. The number of hydrogen-bond donors (Lipinski definition) is 2. The van der Waals surface area contributed by atoms with Gasteiger partial charge < -0.3 is 9.84 Å². The van der Waals surface area contributed by atoms with E-state index >= 15 is 0 Å². The number of ether oxygens (including phenoxy) is 1. The van der Waals surface area contributed by atoms with E-state index in [1.165, 1.54) is 13.2 Å². The van der Waals surface area contributed by atoms with Crippen molar-refractivity contribution in [2.24, 2.45) is 5.10 Å². The fraction of sp³-hybridized carbons (Fsp3) is 0.125. The van der Waals surface area contributed by atoms with E-state index in [9.17, 15) is 9.90 Å². The van der Waals surface area contributed by atoms with E-state index in [2.05, 4.69) is 10.5 Å². The summed E-state index contributed by atoms with van der Waals surface area (Å²) in [5.41, 5.74) is 3.87. The zero-order valence-electron chi connectivity index (χ0n) is 12.1. The second-order valence-electron chi connectivity index (χ2n) is 4.53. The van der Waals surface area contributed by atoms with Crippen molar-refractivity contribution in [3.8, 4) is 11.5 Å². The van der Waals surface area contributed by atoms with Crippen molar-refractivity contribution in [3.63, 3.8) is 0 Å². The summed E-state index contributed by atoms with van der Waals surface area (Å²) in [4.78, 5) is 11.9. The summed E-state index contributed by atoms with van der Waals surface area (Å²) in [5, 5.41) is 14.5. The molecule has 2 aromatic rings. The highest BCUT2D eigenvalue weighted by Crippen LogP contribution is 2.23. The van der Waals surface area contributed by atoms with Crippen molar-refractivity contribution >= 4 is 23.2 Å². The Balaban J connectivity index is 2.12. The van der Waals surface area contributed by atoms with E-state index in [1.807, 2.05) is 0 Å². The molecule has 0 atom stereocenters. The Kier molecular flexibility index (Phi) is 5.01. The lowest BCUT2D eigenvalue weighted by Gasteiger charge is -2.07. The quantitative estimate of drug-likeness (QED) is 0.671. The molecule has 22 heavy (non-hydrogen) atoms. The van der Waals surface area contributed by atoms with Gasteiger partial charge in [0.25, 0.3) is 5.91 Å². The van der Waals surface area contributed by atoms with Crippen LogP contribution in [-0.2, 0) is 0 Å². The smallest absolute Gasteiger partial charge is 0.271 e. The van der Waals surface area contributed by atoms with Crippen LogP contribution in [0.3, 0.4) is 0 Å². The van der Waals surface area contributed by atoms with Gasteiger partial charge in [0, 0.05) is 22.2 Å². The van der Waals surface area contributed by atoms with E-state index in [0.717, 1.165) is 0 Å². The van der Waals surface area contributed by atoms with Crippen LogP contribution >= 0.6 is 11.6 Å². The van der Waals surface area contributed by atoms with Gasteiger partial charge in [0.2, 0.25) is 0 Å². The van der Waals surface area contributed by atoms with Crippen molar-refractivity contribution in [2.75, 3.05) is 7.11 Å². The van der Waals surface area contributed by atoms with Gasteiger partial charge in [0.15, 0.2) is 0 Å². The molecular formula is C16H15ClN2O3. The molecule has 0 aliphatic heterocycles. The van der Waals surface area contributed by atoms with Crippen molar-refractivity contribution in [3.05, 3.63) is 58.6 Å². The van der Waals surface area contributed by atoms with Gasteiger partial charge >= 0.3 is 0 Å². The molecule has 0 heterocycles. The SMILES string of the molecule is COc1ccc(/C(C)=N/NC(=O)c2ccc(Cl)cc2)c(O)c1. The number of benzene rings is 2. The summed E-state index contributed by atoms with van der Waals surface area (Å²) in [6.45, 7) is 1.68. The number of nitrogens with zero attached hydrogens (tertiary/aromatic N) is 1. The third-order valence-electron chi connectivity index (χ3n) is 3.03. The summed E-state index contributed by atoms with van der Waals surface area (Å²) in [5.74, 6) is 0.213. The minimum Gasteiger partial charge on any atom is -0.507 e. The largest absolute Gasteiger partial charge is 0.507 e. The highest BCUT2D eigenvalue weighted by Gasteiger charge is 2.08. The molecule has 2 rings (SSSR count). The predicted molar refractivity (Wildman–Crippen MR) is 85.8 cm³/mol. The molecule has 2 N–H and O–H groups in total. The van der Waals surface area contributed by atoms with Crippen molar-refractivity contribution < 1.29 is 14.6 Å². The van der Waals surface area contributed by atoms with Crippen LogP contribution in [0.25, 0.3) is 0 Å². The Morgan fingerprint density at radius 3 is 2.50 bits per heavy atom. The molecular weight excluding hydrogens is 304 g/mol. The van der Waals surface area contributed by atoms with E-state index in [4.69, 9.17) is 16.3 Å². The molecule has 6 heteroatoms. The minimum atomic E-state index is -0.357. The number of halogens is 1. The molecule has 0 bridgehead atoms. The number of nitrogens with one attached hydrogen (secondary N) is 1. The minimum absolute atomic E-state index is 0.0290. The van der Waals surface area contributed by atoms with Crippen LogP contribution in [0.1, 0.15) is 22.8 Å². The average molecular weight is 319 g/mol. The van der Waals surface area contributed by atoms with Gasteiger partial charge in [-0.15, -0.1) is 0 Å². The number of methoxy groups -OCH3 is 1. The second-order valence-corrected chi connectivity index (χ2v) is 4.96. The first-order valence-corrected chi connectivity index (χ1v) is 6.86. The average Bonchev–Trinajstić information content (AvgIpc) is 2.52. The van der Waals surface area contributed by atoms with Crippen LogP contribution in [0.5, 0.6) is 11.5 Å². The predicted octanol–water partition coefficient (Wildman–Crippen LogP) is 3.21. The number of phenolic OH excluding ortho intramolecular Hbond substituents is 1. The first-order chi connectivity index (χ1) is 10.5. The molecule has 2 aromatic carbocycles. The number of phenols is 1. The van der Waals surface area contributed by atoms with Crippen LogP contribution in [0.2, 0.25) is 5.02 Å². The molecule has 0 saturated heterocycles. The molecule has 0 aromatic heterocycles. The van der Waals surface area contributed by atoms with Gasteiger partial charge in [-0.2, -0.15) is 5.10 Å². The highest BCUT2D eigenvalue weighted by atomic mass is 35.5. The van der Waals surface area contributed by atoms with Crippen LogP contribution in [0.15, 0.2) is 47.6 Å². The topological polar surface area (TPSA) is 70.9 Å². The standard InChI is InChI=1S/C16H15ClN2O3/c1-10(14-8-7-13(22-2)9-15(14)20)18-19-16(21)11-3-5-12(17)6-4-11/h3-9,20H,1-2H3,(H,19,21)/b18-10+. The third kappa shape index (κ3) is 3.77. The van der Waals surface area contributed by atoms with Crippen molar-refractivity contribution in [1.29, 1.82) is 0 Å². The Bertz CT molecular complexity index is 712. The monoisotopic (exact) mass is 318 g/mol. The van der Waals surface area contributed by atoms with Crippen LogP contribution in [-0.4, -0.2) is 23.8 Å². The lowest BCUT2D eigenvalue weighted by atomic mass is 10.1. The summed E-state index contributed by atoms with van der Waals surface area (Å²) in [6.07, 6.45) is 0. The molecule has 114 valence electrons. The maximum atomic E-state index is 11.9. The molecule has 0 saturated carbocycles. The number of hydrazone groups is 1. The number of carbonyl (C=O) groups is 1. The first-order valence-electron chi connectivity index (χ1n) is 6.49. The van der Waals surface area contributed by atoms with Gasteiger partial charge in [-0.3, -0.25) is 4.79 Å².